The van der Waals surface area contributed by atoms with E-state index in [1.807, 2.05) is 0 Å². The molecule has 0 aliphatic carbocycles. The first kappa shape index (κ1) is 18.5. The van der Waals surface area contributed by atoms with E-state index in [0.29, 0.717) is 0 Å². The summed E-state index contributed by atoms with van der Waals surface area (Å²) in [7, 11) is 0. The zero-order chi connectivity index (χ0) is 19.2. The Balaban J connectivity index is 2.22. The Bertz CT molecular complexity index is 884. The van der Waals surface area contributed by atoms with E-state index in [4.69, 9.17) is 16.3 Å². The predicted molar refractivity (Wildman–Crippen MR) is 89.7 cm³/mol. The fourth-order valence-electron chi connectivity index (χ4n) is 3.01. The van der Waals surface area contributed by atoms with Gasteiger partial charge in [-0.25, -0.2) is 9.97 Å². The summed E-state index contributed by atoms with van der Waals surface area (Å²) in [5, 5.41) is 33.5. The second kappa shape index (κ2) is 6.43. The molecule has 0 unspecified atom stereocenters. The molecule has 1 aliphatic rings. The number of aliphatic hydroxyl groups is 2. The van der Waals surface area contributed by atoms with Crippen LogP contribution in [-0.2, 0) is 9.53 Å². The summed E-state index contributed by atoms with van der Waals surface area (Å²) >= 11 is 6.42. The van der Waals surface area contributed by atoms with E-state index in [-0.39, 0.29) is 22.5 Å². The highest BCUT2D eigenvalue weighted by molar-refractivity contribution is 6.24. The van der Waals surface area contributed by atoms with Crippen molar-refractivity contribution in [3.63, 3.8) is 0 Å². The number of halogens is 1. The minimum Gasteiger partial charge on any atom is -0.394 e. The van der Waals surface area contributed by atoms with E-state index in [2.05, 4.69) is 15.3 Å². The molecular formula is C14H16ClN5O6. The first-order valence-electron chi connectivity index (χ1n) is 7.59. The van der Waals surface area contributed by atoms with Gasteiger partial charge in [0.2, 0.25) is 5.91 Å². The van der Waals surface area contributed by atoms with E-state index in [1.165, 1.54) is 18.4 Å². The van der Waals surface area contributed by atoms with Gasteiger partial charge < -0.3 is 20.3 Å². The number of nitrogens with zero attached hydrogens (tertiary/aromatic N) is 4. The second-order valence-corrected chi connectivity index (χ2v) is 6.90. The van der Waals surface area contributed by atoms with E-state index in [1.54, 1.807) is 0 Å². The number of hydrogen-bond acceptors (Lipinski definition) is 8. The van der Waals surface area contributed by atoms with E-state index >= 15 is 0 Å². The standard InChI is InChI=1S/C14H16ClN5O6/c1-6(22)18-11-9-7(20(24)25)3-19(12(9)17-5-16-11)13-14(2,15)10(23)8(4-21)26-13/h3,5,8,10,13,21,23H,4H2,1-2H3,(H,16,17,18,22)/t8-,10-,13-,14-/m1/s1. The average molecular weight is 386 g/mol. The van der Waals surface area contributed by atoms with Gasteiger partial charge in [0.25, 0.3) is 5.69 Å². The van der Waals surface area contributed by atoms with Gasteiger partial charge in [0.05, 0.1) is 17.7 Å². The number of carbonyl (C=O) groups excluding carboxylic acids is 1. The number of aromatic nitrogens is 3. The Morgan fingerprint density at radius 3 is 2.81 bits per heavy atom. The van der Waals surface area contributed by atoms with Gasteiger partial charge in [-0.3, -0.25) is 19.5 Å². The average Bonchev–Trinajstić information content (AvgIpc) is 3.04. The van der Waals surface area contributed by atoms with Crippen LogP contribution >= 0.6 is 11.6 Å². The zero-order valence-corrected chi connectivity index (χ0v) is 14.5. The maximum absolute atomic E-state index is 11.5. The van der Waals surface area contributed by atoms with Gasteiger partial charge in [0.1, 0.15) is 28.8 Å². The lowest BCUT2D eigenvalue weighted by atomic mass is 10.0. The van der Waals surface area contributed by atoms with E-state index in [9.17, 15) is 25.1 Å². The summed E-state index contributed by atoms with van der Waals surface area (Å²) < 4.78 is 6.90. The maximum atomic E-state index is 11.5. The van der Waals surface area contributed by atoms with Crippen LogP contribution in [0.25, 0.3) is 11.0 Å². The fourth-order valence-corrected chi connectivity index (χ4v) is 3.30. The highest BCUT2D eigenvalue weighted by Gasteiger charge is 2.53. The van der Waals surface area contributed by atoms with Gasteiger partial charge in [-0.15, -0.1) is 11.6 Å². The summed E-state index contributed by atoms with van der Waals surface area (Å²) in [5.41, 5.74) is -0.263. The molecule has 3 N–H and O–H groups in total. The molecule has 1 saturated heterocycles. The maximum Gasteiger partial charge on any atom is 0.300 e. The minimum absolute atomic E-state index is 0.00528. The molecular weight excluding hydrogens is 370 g/mol. The molecule has 0 bridgehead atoms. The highest BCUT2D eigenvalue weighted by atomic mass is 35.5. The van der Waals surface area contributed by atoms with Crippen LogP contribution in [0.1, 0.15) is 20.1 Å². The third-order valence-corrected chi connectivity index (χ3v) is 4.64. The molecule has 1 aliphatic heterocycles. The number of hydrogen-bond donors (Lipinski definition) is 3. The molecule has 12 heteroatoms. The Hall–Kier alpha value is -2.34. The van der Waals surface area contributed by atoms with Crippen LogP contribution in [0.2, 0.25) is 0 Å². The normalized spacial score (nSPS) is 28.4. The van der Waals surface area contributed by atoms with Crippen LogP contribution in [0.15, 0.2) is 12.5 Å². The minimum atomic E-state index is -1.38. The zero-order valence-electron chi connectivity index (χ0n) is 13.8. The van der Waals surface area contributed by atoms with Crippen molar-refractivity contribution in [1.82, 2.24) is 14.5 Å². The smallest absolute Gasteiger partial charge is 0.300 e. The fraction of sp³-hybridized carbons (Fsp3) is 0.500. The van der Waals surface area contributed by atoms with E-state index in [0.717, 1.165) is 12.5 Å². The van der Waals surface area contributed by atoms with Crippen LogP contribution in [0.4, 0.5) is 11.5 Å². The van der Waals surface area contributed by atoms with Crippen molar-refractivity contribution < 1.29 is 24.7 Å². The predicted octanol–water partition coefficient (Wildman–Crippen LogP) is 0.546. The van der Waals surface area contributed by atoms with Crippen molar-refractivity contribution >= 4 is 40.0 Å². The lowest BCUT2D eigenvalue weighted by Crippen LogP contribution is -2.39. The monoisotopic (exact) mass is 385 g/mol. The van der Waals surface area contributed by atoms with Gasteiger partial charge in [0, 0.05) is 6.92 Å². The van der Waals surface area contributed by atoms with Crippen molar-refractivity contribution in [2.75, 3.05) is 11.9 Å². The summed E-state index contributed by atoms with van der Waals surface area (Å²) in [4.78, 5) is 28.8. The van der Waals surface area contributed by atoms with Gasteiger partial charge in [0.15, 0.2) is 17.7 Å². The number of anilines is 1. The number of aliphatic hydroxyl groups excluding tert-OH is 2. The summed E-state index contributed by atoms with van der Waals surface area (Å²) in [6.07, 6.45) is -0.938. The molecule has 3 rings (SSSR count). The number of nitrogens with one attached hydrogen (secondary N) is 1. The second-order valence-electron chi connectivity index (χ2n) is 6.09. The third kappa shape index (κ3) is 2.78. The van der Waals surface area contributed by atoms with Crippen LogP contribution in [0, 0.1) is 10.1 Å². The van der Waals surface area contributed by atoms with Gasteiger partial charge in [-0.1, -0.05) is 0 Å². The van der Waals surface area contributed by atoms with Crippen LogP contribution in [0.3, 0.4) is 0 Å². The molecule has 0 saturated carbocycles. The van der Waals surface area contributed by atoms with Crippen LogP contribution < -0.4 is 5.32 Å². The molecule has 11 nitrogen and oxygen atoms in total. The molecule has 1 amide bonds. The SMILES string of the molecule is CC(=O)Nc1ncnc2c1c([N+](=O)[O-])cn2[C@@H]1O[C@H](CO)[C@@H](O)[C@@]1(C)Cl. The number of nitro groups is 1. The van der Waals surface area contributed by atoms with Crippen LogP contribution in [0.5, 0.6) is 0 Å². The Morgan fingerprint density at radius 2 is 2.27 bits per heavy atom. The van der Waals surface area contributed by atoms with Crippen molar-refractivity contribution in [1.29, 1.82) is 0 Å². The van der Waals surface area contributed by atoms with Crippen molar-refractivity contribution in [3.05, 3.63) is 22.6 Å². The Morgan fingerprint density at radius 1 is 1.58 bits per heavy atom. The van der Waals surface area contributed by atoms with Crippen molar-refractivity contribution in [2.45, 2.75) is 37.2 Å². The molecule has 0 aromatic carbocycles. The third-order valence-electron chi connectivity index (χ3n) is 4.23. The topological polar surface area (TPSA) is 153 Å². The Kier molecular flexibility index (Phi) is 4.56. The lowest BCUT2D eigenvalue weighted by Gasteiger charge is -2.26. The largest absolute Gasteiger partial charge is 0.394 e. The van der Waals surface area contributed by atoms with Gasteiger partial charge >= 0.3 is 0 Å². The molecule has 0 spiro atoms. The number of ether oxygens (including phenoxy) is 1. The first-order valence-corrected chi connectivity index (χ1v) is 7.97. The van der Waals surface area contributed by atoms with Crippen molar-refractivity contribution in [3.8, 4) is 0 Å². The molecule has 26 heavy (non-hydrogen) atoms. The number of amides is 1. The molecule has 0 radical (unpaired) electrons. The molecule has 4 atom stereocenters. The molecule has 2 aromatic rings. The molecule has 2 aromatic heterocycles. The number of carbonyl (C=O) groups is 1. The first-order chi connectivity index (χ1) is 12.2. The summed E-state index contributed by atoms with van der Waals surface area (Å²) in [6, 6.07) is 0. The van der Waals surface area contributed by atoms with E-state index < -0.39 is 40.7 Å². The number of fused-ring (bicyclic) bond motifs is 1. The lowest BCUT2D eigenvalue weighted by molar-refractivity contribution is -0.383. The van der Waals surface area contributed by atoms with Crippen molar-refractivity contribution in [2.24, 2.45) is 0 Å². The summed E-state index contributed by atoms with van der Waals surface area (Å²) in [6.45, 7) is 2.26. The Labute approximate surface area is 151 Å². The number of rotatable bonds is 4. The molecule has 1 fully saturated rings. The summed E-state index contributed by atoms with van der Waals surface area (Å²) in [5.74, 6) is -0.483. The van der Waals surface area contributed by atoms with Gasteiger partial charge in [-0.2, -0.15) is 0 Å². The quantitative estimate of drug-likeness (QED) is 0.391. The molecule has 140 valence electrons. The van der Waals surface area contributed by atoms with Crippen LogP contribution in [-0.4, -0.2) is 59.3 Å². The molecule has 3 heterocycles. The highest BCUT2D eigenvalue weighted by Crippen LogP contribution is 2.46. The number of alkyl halides is 1. The van der Waals surface area contributed by atoms with Gasteiger partial charge in [-0.05, 0) is 6.92 Å².